The van der Waals surface area contributed by atoms with Crippen molar-refractivity contribution >= 4 is 59.1 Å². The predicted molar refractivity (Wildman–Crippen MR) is 102 cm³/mol. The van der Waals surface area contributed by atoms with Gasteiger partial charge in [0.15, 0.2) is 0 Å². The Hall–Kier alpha value is -2.28. The Kier molecular flexibility index (Phi) is 6.87. The fourth-order valence-electron chi connectivity index (χ4n) is 1.61. The Morgan fingerprint density at radius 2 is 1.54 bits per heavy atom. The Bertz CT molecular complexity index is 771. The van der Waals surface area contributed by atoms with Gasteiger partial charge in [-0.3, -0.25) is 0 Å². The molecule has 0 atom stereocenters. The number of halogens is 3. The fraction of sp³-hybridized carbons (Fsp3) is 0. The highest BCUT2D eigenvalue weighted by molar-refractivity contribution is 6.31. The smallest absolute Gasteiger partial charge is 0.250 e. The molecule has 2 aromatic carbocycles. The zero-order chi connectivity index (χ0) is 17.4. The Morgan fingerprint density at radius 1 is 0.917 bits per heavy atom. The topological polar surface area (TPSA) is 87.2 Å². The van der Waals surface area contributed by atoms with Crippen LogP contribution < -0.4 is 16.6 Å². The molecule has 0 fully saturated rings. The summed E-state index contributed by atoms with van der Waals surface area (Å²) in [6, 6.07) is 12.3. The number of nitrogens with zero attached hydrogens (tertiary/aromatic N) is 3. The summed E-state index contributed by atoms with van der Waals surface area (Å²) in [7, 11) is 0. The van der Waals surface area contributed by atoms with Crippen LogP contribution in [0.2, 0.25) is 10.0 Å². The van der Waals surface area contributed by atoms with Crippen LogP contribution in [0.4, 0.5) is 5.69 Å². The molecule has 0 bridgehead atoms. The van der Waals surface area contributed by atoms with E-state index in [0.29, 0.717) is 21.3 Å². The van der Waals surface area contributed by atoms with Crippen LogP contribution in [-0.4, -0.2) is 18.4 Å². The minimum Gasteiger partial charge on any atom is -0.398 e. The molecular formula is C15H13Cl3N6. The minimum absolute atomic E-state index is 0.144. The van der Waals surface area contributed by atoms with Crippen molar-refractivity contribution in [3.8, 4) is 0 Å². The van der Waals surface area contributed by atoms with Crippen molar-refractivity contribution in [1.82, 2.24) is 10.9 Å². The summed E-state index contributed by atoms with van der Waals surface area (Å²) in [5.41, 5.74) is 13.1. The van der Waals surface area contributed by atoms with E-state index < -0.39 is 0 Å². The number of guanidine groups is 1. The molecule has 0 spiro atoms. The molecule has 9 heteroatoms. The van der Waals surface area contributed by atoms with Crippen molar-refractivity contribution in [2.24, 2.45) is 14.7 Å². The van der Waals surface area contributed by atoms with Crippen LogP contribution in [-0.2, 0) is 0 Å². The van der Waals surface area contributed by atoms with Gasteiger partial charge in [0.05, 0.1) is 12.4 Å². The second kappa shape index (κ2) is 9.12. The highest BCUT2D eigenvalue weighted by Gasteiger charge is 1.98. The summed E-state index contributed by atoms with van der Waals surface area (Å²) >= 11 is 17.1. The molecule has 0 heterocycles. The average Bonchev–Trinajstić information content (AvgIpc) is 2.57. The molecule has 124 valence electrons. The number of nitrogens with two attached hydrogens (primary N) is 1. The zero-order valence-electron chi connectivity index (χ0n) is 12.2. The highest BCUT2D eigenvalue weighted by atomic mass is 35.5. The number of nitrogen functional groups attached to an aromatic ring is 1. The molecule has 2 aromatic rings. The molecule has 0 radical (unpaired) electrons. The lowest BCUT2D eigenvalue weighted by Gasteiger charge is -2.03. The number of benzene rings is 2. The van der Waals surface area contributed by atoms with Gasteiger partial charge in [-0.15, -0.1) is 4.51 Å². The van der Waals surface area contributed by atoms with Crippen LogP contribution in [0.15, 0.2) is 57.2 Å². The molecule has 0 saturated carbocycles. The summed E-state index contributed by atoms with van der Waals surface area (Å²) < 4.78 is 3.47. The fourth-order valence-corrected chi connectivity index (χ4v) is 1.99. The van der Waals surface area contributed by atoms with Crippen molar-refractivity contribution < 1.29 is 0 Å². The van der Waals surface area contributed by atoms with Crippen molar-refractivity contribution in [3.05, 3.63) is 63.6 Å². The van der Waals surface area contributed by atoms with Crippen molar-refractivity contribution in [2.45, 2.75) is 0 Å². The van der Waals surface area contributed by atoms with Gasteiger partial charge in [-0.05, 0) is 35.9 Å². The number of anilines is 1. The van der Waals surface area contributed by atoms with Gasteiger partial charge < -0.3 is 5.73 Å². The monoisotopic (exact) mass is 382 g/mol. The van der Waals surface area contributed by atoms with Gasteiger partial charge in [0.2, 0.25) is 5.96 Å². The SMILES string of the molecule is Nc1cc(Cl)ccc1/C=N/N/C(=N/Cl)N/N=C/c1ccc(Cl)cc1. The molecular weight excluding hydrogens is 371 g/mol. The number of rotatable bonds is 4. The second-order valence-electron chi connectivity index (χ2n) is 4.50. The standard InChI is InChI=1S/C15H13Cl3N6/c16-12-4-1-10(2-5-12)8-20-23-15(22-18)24-21-9-11-3-6-13(17)7-14(11)19/h1-9H,19H2,(H2,22,23,24)/b20-8+,21-9+. The first-order valence-electron chi connectivity index (χ1n) is 6.66. The predicted octanol–water partition coefficient (Wildman–Crippen LogP) is 3.63. The largest absolute Gasteiger partial charge is 0.398 e. The van der Waals surface area contributed by atoms with E-state index in [9.17, 15) is 0 Å². The average molecular weight is 384 g/mol. The van der Waals surface area contributed by atoms with Crippen LogP contribution in [0.5, 0.6) is 0 Å². The molecule has 24 heavy (non-hydrogen) atoms. The lowest BCUT2D eigenvalue weighted by atomic mass is 10.2. The summed E-state index contributed by atoms with van der Waals surface area (Å²) in [5.74, 6) is 0.144. The van der Waals surface area contributed by atoms with Crippen LogP contribution in [0.25, 0.3) is 0 Å². The van der Waals surface area contributed by atoms with Gasteiger partial charge in [-0.25, -0.2) is 10.9 Å². The van der Waals surface area contributed by atoms with Gasteiger partial charge in [0.1, 0.15) is 0 Å². The quantitative estimate of drug-likeness (QED) is 0.326. The number of hydrogen-bond donors (Lipinski definition) is 3. The zero-order valence-corrected chi connectivity index (χ0v) is 14.5. The third-order valence-electron chi connectivity index (χ3n) is 2.76. The lowest BCUT2D eigenvalue weighted by Crippen LogP contribution is -2.30. The first kappa shape index (κ1) is 18.1. The van der Waals surface area contributed by atoms with Gasteiger partial charge >= 0.3 is 0 Å². The van der Waals surface area contributed by atoms with Crippen molar-refractivity contribution in [1.29, 1.82) is 0 Å². The van der Waals surface area contributed by atoms with Gasteiger partial charge in [-0.1, -0.05) is 35.3 Å². The third kappa shape index (κ3) is 5.73. The summed E-state index contributed by atoms with van der Waals surface area (Å²) in [6.07, 6.45) is 3.10. The van der Waals surface area contributed by atoms with E-state index in [4.69, 9.17) is 40.7 Å². The normalized spacial score (nSPS) is 12.0. The first-order chi connectivity index (χ1) is 11.6. The van der Waals surface area contributed by atoms with Gasteiger partial charge in [-0.2, -0.15) is 10.2 Å². The lowest BCUT2D eigenvalue weighted by molar-refractivity contribution is 0.911. The van der Waals surface area contributed by atoms with Crippen LogP contribution in [0.1, 0.15) is 11.1 Å². The third-order valence-corrected chi connectivity index (χ3v) is 3.42. The van der Waals surface area contributed by atoms with Crippen molar-refractivity contribution in [3.63, 3.8) is 0 Å². The van der Waals surface area contributed by atoms with Crippen LogP contribution in [0, 0.1) is 0 Å². The molecule has 6 nitrogen and oxygen atoms in total. The molecule has 0 aromatic heterocycles. The molecule has 0 amide bonds. The van der Waals surface area contributed by atoms with E-state index in [2.05, 4.69) is 25.6 Å². The maximum atomic E-state index is 5.83. The van der Waals surface area contributed by atoms with E-state index in [-0.39, 0.29) is 5.96 Å². The molecule has 0 aliphatic rings. The molecule has 0 aliphatic carbocycles. The maximum absolute atomic E-state index is 5.83. The summed E-state index contributed by atoms with van der Waals surface area (Å²) in [5, 5.41) is 9.17. The molecule has 4 N–H and O–H groups in total. The summed E-state index contributed by atoms with van der Waals surface area (Å²) in [6.45, 7) is 0. The van der Waals surface area contributed by atoms with E-state index >= 15 is 0 Å². The number of nitrogens with one attached hydrogen (secondary N) is 2. The highest BCUT2D eigenvalue weighted by Crippen LogP contribution is 2.16. The van der Waals surface area contributed by atoms with Gasteiger partial charge in [0, 0.05) is 33.1 Å². The summed E-state index contributed by atoms with van der Waals surface area (Å²) in [4.78, 5) is 0. The van der Waals surface area contributed by atoms with Crippen molar-refractivity contribution in [2.75, 3.05) is 5.73 Å². The van der Waals surface area contributed by atoms with E-state index in [0.717, 1.165) is 5.56 Å². The molecule has 0 saturated heterocycles. The molecule has 0 aliphatic heterocycles. The Labute approximate surface area is 154 Å². The maximum Gasteiger partial charge on any atom is 0.250 e. The Morgan fingerprint density at radius 3 is 2.17 bits per heavy atom. The molecule has 2 rings (SSSR count). The Balaban J connectivity index is 1.90. The van der Waals surface area contributed by atoms with Crippen LogP contribution >= 0.6 is 35.0 Å². The first-order valence-corrected chi connectivity index (χ1v) is 7.75. The number of hydrazone groups is 2. The van der Waals surface area contributed by atoms with E-state index in [1.165, 1.54) is 6.21 Å². The van der Waals surface area contributed by atoms with E-state index in [1.54, 1.807) is 36.5 Å². The second-order valence-corrected chi connectivity index (χ2v) is 5.54. The van der Waals surface area contributed by atoms with Crippen LogP contribution in [0.3, 0.4) is 0 Å². The number of hydrogen-bond acceptors (Lipinski definition) is 4. The minimum atomic E-state index is 0.144. The molecule has 0 unspecified atom stereocenters. The van der Waals surface area contributed by atoms with E-state index in [1.807, 2.05) is 12.1 Å². The van der Waals surface area contributed by atoms with Gasteiger partial charge in [0.25, 0.3) is 0 Å².